The highest BCUT2D eigenvalue weighted by Gasteiger charge is 2.33. The van der Waals surface area contributed by atoms with Gasteiger partial charge in [-0.3, -0.25) is 0 Å². The minimum atomic E-state index is -4.52. The molecule has 0 spiro atoms. The Balaban J connectivity index is 1.82. The van der Waals surface area contributed by atoms with Crippen LogP contribution in [0.5, 0.6) is 27.9 Å². The van der Waals surface area contributed by atoms with E-state index >= 15 is 0 Å². The van der Waals surface area contributed by atoms with Crippen molar-refractivity contribution in [2.75, 3.05) is 7.11 Å². The number of halogens is 6. The number of thiophene rings is 2. The van der Waals surface area contributed by atoms with Gasteiger partial charge in [-0.15, -0.1) is 0 Å². The minimum absolute atomic E-state index is 0.0554. The van der Waals surface area contributed by atoms with Crippen LogP contribution in [0.3, 0.4) is 0 Å². The first-order valence-corrected chi connectivity index (χ1v) is 8.81. The van der Waals surface area contributed by atoms with E-state index in [9.17, 15) is 26.3 Å². The highest BCUT2D eigenvalue weighted by molar-refractivity contribution is 7.14. The third kappa shape index (κ3) is 4.84. The van der Waals surface area contributed by atoms with E-state index in [0.717, 1.165) is 24.3 Å². The van der Waals surface area contributed by atoms with Gasteiger partial charge in [0, 0.05) is 0 Å². The van der Waals surface area contributed by atoms with Crippen molar-refractivity contribution in [1.29, 1.82) is 0 Å². The van der Waals surface area contributed by atoms with Gasteiger partial charge < -0.3 is 14.2 Å². The first-order chi connectivity index (χ1) is 13.0. The molecule has 0 aliphatic rings. The number of rotatable bonds is 5. The zero-order valence-electron chi connectivity index (χ0n) is 13.6. The maximum atomic E-state index is 12.7. The van der Waals surface area contributed by atoms with Gasteiger partial charge >= 0.3 is 18.4 Å². The maximum Gasteiger partial charge on any atom is 0.425 e. The molecule has 0 amide bonds. The van der Waals surface area contributed by atoms with Gasteiger partial charge in [-0.05, 0) is 24.3 Å². The highest BCUT2D eigenvalue weighted by atomic mass is 32.1. The summed E-state index contributed by atoms with van der Waals surface area (Å²) in [5.41, 5.74) is 0. The Morgan fingerprint density at radius 3 is 1.71 bits per heavy atom. The fourth-order valence-corrected chi connectivity index (χ4v) is 3.29. The summed E-state index contributed by atoms with van der Waals surface area (Å²) in [5, 5.41) is -0.239. The maximum absolute atomic E-state index is 12.7. The Hall–Kier alpha value is -2.54. The molecule has 0 N–H and O–H groups in total. The van der Waals surface area contributed by atoms with Gasteiger partial charge in [-0.1, -0.05) is 22.7 Å². The Kier molecular flexibility index (Phi) is 5.39. The number of nitrogens with zero attached hydrogens (tertiary/aromatic N) is 2. The molecule has 3 rings (SSSR count). The summed E-state index contributed by atoms with van der Waals surface area (Å²) < 4.78 is 91.3. The number of methoxy groups -OCH3 is 1. The van der Waals surface area contributed by atoms with Crippen LogP contribution in [0.2, 0.25) is 0 Å². The van der Waals surface area contributed by atoms with Gasteiger partial charge in [-0.25, -0.2) is 0 Å². The normalized spacial score (nSPS) is 12.1. The van der Waals surface area contributed by atoms with Crippen molar-refractivity contribution in [2.45, 2.75) is 12.4 Å². The SMILES string of the molecule is COc1cc(Oc2ccc(C(F)(F)F)s2)nc(Oc2ccc(C(F)(F)F)s2)n1. The summed E-state index contributed by atoms with van der Waals surface area (Å²) in [7, 11) is 1.26. The fraction of sp³-hybridized carbons (Fsp3) is 0.200. The van der Waals surface area contributed by atoms with Crippen LogP contribution < -0.4 is 14.2 Å². The molecule has 3 aromatic heterocycles. The number of ether oxygens (including phenoxy) is 3. The predicted octanol–water partition coefficient (Wildman–Crippen LogP) is 6.23. The van der Waals surface area contributed by atoms with Crippen LogP contribution in [0.4, 0.5) is 26.3 Å². The van der Waals surface area contributed by atoms with Crippen LogP contribution >= 0.6 is 22.7 Å². The lowest BCUT2D eigenvalue weighted by molar-refractivity contribution is -0.135. The second-order valence-electron chi connectivity index (χ2n) is 4.97. The molecular weight excluding hydrogens is 434 g/mol. The Labute approximate surface area is 161 Å². The average Bonchev–Trinajstić information content (AvgIpc) is 3.23. The molecule has 0 aliphatic carbocycles. The van der Waals surface area contributed by atoms with Crippen LogP contribution in [0.15, 0.2) is 30.3 Å². The standard InChI is InChI=1S/C15H8F6N2O3S2/c1-24-9-6-10(25-11-4-2-7(27-11)14(16,17)18)23-13(22-9)26-12-5-3-8(28-12)15(19,20)21/h2-6H,1H3. The lowest BCUT2D eigenvalue weighted by Crippen LogP contribution is -2.00. The summed E-state index contributed by atoms with van der Waals surface area (Å²) in [6.45, 7) is 0. The molecule has 0 unspecified atom stereocenters. The van der Waals surface area contributed by atoms with Crippen LogP contribution in [0.1, 0.15) is 9.75 Å². The van der Waals surface area contributed by atoms with Gasteiger partial charge in [0.25, 0.3) is 0 Å². The summed E-state index contributed by atoms with van der Waals surface area (Å²) >= 11 is 0.684. The number of hydrogen-bond acceptors (Lipinski definition) is 7. The Morgan fingerprint density at radius 1 is 0.750 bits per heavy atom. The van der Waals surface area contributed by atoms with Crippen LogP contribution in [-0.2, 0) is 12.4 Å². The zero-order valence-corrected chi connectivity index (χ0v) is 15.2. The van der Waals surface area contributed by atoms with Gasteiger partial charge in [-0.2, -0.15) is 36.3 Å². The molecule has 0 saturated heterocycles. The fourth-order valence-electron chi connectivity index (χ4n) is 1.83. The van der Waals surface area contributed by atoms with Crippen molar-refractivity contribution in [3.05, 3.63) is 40.1 Å². The summed E-state index contributed by atoms with van der Waals surface area (Å²) in [6, 6.07) is 4.68. The van der Waals surface area contributed by atoms with Gasteiger partial charge in [0.2, 0.25) is 11.8 Å². The molecule has 3 heterocycles. The van der Waals surface area contributed by atoms with E-state index in [-0.39, 0.29) is 21.9 Å². The molecule has 28 heavy (non-hydrogen) atoms. The summed E-state index contributed by atoms with van der Waals surface area (Å²) in [5.74, 6) is -0.259. The quantitative estimate of drug-likeness (QED) is 0.439. The predicted molar refractivity (Wildman–Crippen MR) is 87.4 cm³/mol. The van der Waals surface area contributed by atoms with Crippen LogP contribution in [0.25, 0.3) is 0 Å². The summed E-state index contributed by atoms with van der Waals surface area (Å²) in [6.07, 6.45) is -9.04. The first-order valence-electron chi connectivity index (χ1n) is 7.17. The van der Waals surface area contributed by atoms with E-state index in [0.29, 0.717) is 22.7 Å². The van der Waals surface area contributed by atoms with E-state index in [1.54, 1.807) is 0 Å². The molecular formula is C15H8F6N2O3S2. The Bertz CT molecular complexity index is 895. The lowest BCUT2D eigenvalue weighted by Gasteiger charge is -2.07. The van der Waals surface area contributed by atoms with Gasteiger partial charge in [0.1, 0.15) is 9.75 Å². The van der Waals surface area contributed by atoms with Crippen molar-refractivity contribution in [3.63, 3.8) is 0 Å². The van der Waals surface area contributed by atoms with Crippen LogP contribution in [0, 0.1) is 0 Å². The number of aromatic nitrogens is 2. The first kappa shape index (κ1) is 20.2. The largest absolute Gasteiger partial charge is 0.481 e. The average molecular weight is 442 g/mol. The second kappa shape index (κ2) is 7.47. The van der Waals surface area contributed by atoms with Crippen molar-refractivity contribution >= 4 is 22.7 Å². The highest BCUT2D eigenvalue weighted by Crippen LogP contribution is 2.41. The molecule has 0 bridgehead atoms. The molecule has 5 nitrogen and oxygen atoms in total. The topological polar surface area (TPSA) is 53.5 Å². The molecule has 0 atom stereocenters. The van der Waals surface area contributed by atoms with E-state index in [2.05, 4.69) is 9.97 Å². The second-order valence-corrected chi connectivity index (χ2v) is 7.06. The monoisotopic (exact) mass is 442 g/mol. The van der Waals surface area contributed by atoms with E-state index in [1.807, 2.05) is 0 Å². The smallest absolute Gasteiger partial charge is 0.425 e. The summed E-state index contributed by atoms with van der Waals surface area (Å²) in [4.78, 5) is 5.91. The van der Waals surface area contributed by atoms with Crippen molar-refractivity contribution in [1.82, 2.24) is 9.97 Å². The van der Waals surface area contributed by atoms with Crippen molar-refractivity contribution in [2.24, 2.45) is 0 Å². The molecule has 3 aromatic rings. The van der Waals surface area contributed by atoms with Gasteiger partial charge in [0.05, 0.1) is 13.2 Å². The third-order valence-electron chi connectivity index (χ3n) is 2.99. The molecule has 0 fully saturated rings. The van der Waals surface area contributed by atoms with Crippen LogP contribution in [-0.4, -0.2) is 17.1 Å². The molecule has 0 aromatic carbocycles. The number of hydrogen-bond donors (Lipinski definition) is 0. The number of alkyl halides is 6. The van der Waals surface area contributed by atoms with Gasteiger partial charge in [0.15, 0.2) is 10.1 Å². The third-order valence-corrected chi connectivity index (χ3v) is 5.00. The van der Waals surface area contributed by atoms with E-state index in [1.165, 1.54) is 13.2 Å². The molecule has 0 radical (unpaired) electrons. The molecule has 150 valence electrons. The van der Waals surface area contributed by atoms with Crippen molar-refractivity contribution < 1.29 is 40.6 Å². The van der Waals surface area contributed by atoms with E-state index < -0.39 is 28.1 Å². The minimum Gasteiger partial charge on any atom is -0.481 e. The van der Waals surface area contributed by atoms with Crippen molar-refractivity contribution in [3.8, 4) is 27.9 Å². The molecule has 13 heteroatoms. The molecule has 0 saturated carbocycles. The Morgan fingerprint density at radius 2 is 1.25 bits per heavy atom. The lowest BCUT2D eigenvalue weighted by atomic mass is 10.5. The van der Waals surface area contributed by atoms with E-state index in [4.69, 9.17) is 14.2 Å². The molecule has 0 aliphatic heterocycles. The zero-order chi connectivity index (χ0) is 20.5.